The van der Waals surface area contributed by atoms with Crippen molar-refractivity contribution in [3.8, 4) is 0 Å². The van der Waals surface area contributed by atoms with Gasteiger partial charge in [-0.2, -0.15) is 0 Å². The summed E-state index contributed by atoms with van der Waals surface area (Å²) < 4.78 is 6.23. The Bertz CT molecular complexity index is 423. The van der Waals surface area contributed by atoms with Crippen molar-refractivity contribution in [3.05, 3.63) is 48.0 Å². The fourth-order valence-corrected chi connectivity index (χ4v) is 3.26. The second-order valence-corrected chi connectivity index (χ2v) is 7.53. The molecule has 0 heterocycles. The second-order valence-electron chi connectivity index (χ2n) is 7.53. The Morgan fingerprint density at radius 2 is 1.42 bits per heavy atom. The van der Waals surface area contributed by atoms with Gasteiger partial charge in [0.1, 0.15) is 0 Å². The maximum Gasteiger partial charge on any atom is 0.0720 e. The van der Waals surface area contributed by atoms with Gasteiger partial charge in [-0.05, 0) is 31.2 Å². The maximum atomic E-state index is 6.23. The normalized spacial score (nSPS) is 12.7. The van der Waals surface area contributed by atoms with E-state index in [1.54, 1.807) is 0 Å². The van der Waals surface area contributed by atoms with Crippen LogP contribution < -0.4 is 0 Å². The van der Waals surface area contributed by atoms with Crippen LogP contribution in [-0.2, 0) is 11.3 Å². The summed E-state index contributed by atoms with van der Waals surface area (Å²) in [5, 5.41) is 0. The molecule has 0 N–H and O–H groups in total. The van der Waals surface area contributed by atoms with E-state index in [2.05, 4.69) is 56.3 Å². The molecule has 0 aliphatic carbocycles. The van der Waals surface area contributed by atoms with Crippen molar-refractivity contribution >= 4 is 0 Å². The van der Waals surface area contributed by atoms with Crippen LogP contribution in [0.5, 0.6) is 0 Å². The summed E-state index contributed by atoms with van der Waals surface area (Å²) in [4.78, 5) is 0. The minimum absolute atomic E-state index is 0.368. The second kappa shape index (κ2) is 17.3. The lowest BCUT2D eigenvalue weighted by atomic mass is 10.1. The number of unbranched alkanes of at least 4 members (excludes halogenated alkanes) is 9. The zero-order valence-corrected chi connectivity index (χ0v) is 17.4. The molecule has 0 radical (unpaired) electrons. The Kier molecular flexibility index (Phi) is 15.3. The van der Waals surface area contributed by atoms with Gasteiger partial charge in [0.25, 0.3) is 0 Å². The van der Waals surface area contributed by atoms with Crippen molar-refractivity contribution in [2.45, 2.75) is 110 Å². The molecule has 0 fully saturated rings. The molecular weight excluding hydrogens is 316 g/mol. The molecule has 0 saturated heterocycles. The first-order chi connectivity index (χ1) is 12.9. The van der Waals surface area contributed by atoms with E-state index in [4.69, 9.17) is 4.74 Å². The Labute approximate surface area is 163 Å². The van der Waals surface area contributed by atoms with Crippen molar-refractivity contribution in [1.29, 1.82) is 0 Å². The Morgan fingerprint density at radius 1 is 0.769 bits per heavy atom. The molecule has 0 aromatic heterocycles. The summed E-state index contributed by atoms with van der Waals surface area (Å²) in [5.41, 5.74) is 1.28. The summed E-state index contributed by atoms with van der Waals surface area (Å²) >= 11 is 0. The van der Waals surface area contributed by atoms with E-state index < -0.39 is 0 Å². The molecule has 0 bridgehead atoms. The fourth-order valence-electron chi connectivity index (χ4n) is 3.26. The van der Waals surface area contributed by atoms with Crippen LogP contribution >= 0.6 is 0 Å². The van der Waals surface area contributed by atoms with Crippen LogP contribution in [0.4, 0.5) is 0 Å². The first-order valence-electron chi connectivity index (χ1n) is 11.2. The molecule has 1 unspecified atom stereocenters. The van der Waals surface area contributed by atoms with E-state index in [1.807, 2.05) is 0 Å². The minimum atomic E-state index is 0.368. The Balaban J connectivity index is 2.23. The van der Waals surface area contributed by atoms with Crippen LogP contribution in [-0.4, -0.2) is 6.10 Å². The molecule has 1 aromatic carbocycles. The molecule has 1 nitrogen and oxygen atoms in total. The zero-order valence-electron chi connectivity index (χ0n) is 17.4. The zero-order chi connectivity index (χ0) is 18.7. The van der Waals surface area contributed by atoms with Gasteiger partial charge in [0, 0.05) is 0 Å². The standard InChI is InChI=1S/C25H42O/c1-3-5-7-9-10-11-12-13-18-22-25(21-17-8-6-4-2)26-23-24-19-15-14-16-20-24/h13-16,18-20,25H,3-12,17,21-23H2,1-2H3/b18-13+. The molecule has 1 atom stereocenters. The van der Waals surface area contributed by atoms with Gasteiger partial charge < -0.3 is 4.74 Å². The fraction of sp³-hybridized carbons (Fsp3) is 0.680. The number of hydrogen-bond donors (Lipinski definition) is 0. The van der Waals surface area contributed by atoms with E-state index in [-0.39, 0.29) is 0 Å². The van der Waals surface area contributed by atoms with E-state index >= 15 is 0 Å². The molecule has 1 aromatic rings. The highest BCUT2D eigenvalue weighted by atomic mass is 16.5. The van der Waals surface area contributed by atoms with Gasteiger partial charge in [0.2, 0.25) is 0 Å². The molecule has 0 aliphatic heterocycles. The molecule has 1 heteroatoms. The largest absolute Gasteiger partial charge is 0.373 e. The summed E-state index contributed by atoms with van der Waals surface area (Å²) in [6.45, 7) is 5.29. The van der Waals surface area contributed by atoms with Crippen LogP contribution in [0.3, 0.4) is 0 Å². The van der Waals surface area contributed by atoms with Gasteiger partial charge in [-0.25, -0.2) is 0 Å². The van der Waals surface area contributed by atoms with Crippen molar-refractivity contribution in [1.82, 2.24) is 0 Å². The third-order valence-electron chi connectivity index (χ3n) is 5.00. The first-order valence-corrected chi connectivity index (χ1v) is 11.2. The van der Waals surface area contributed by atoms with Crippen molar-refractivity contribution in [3.63, 3.8) is 0 Å². The first kappa shape index (κ1) is 23.0. The lowest BCUT2D eigenvalue weighted by Gasteiger charge is -2.16. The van der Waals surface area contributed by atoms with Gasteiger partial charge in [-0.15, -0.1) is 0 Å². The quantitative estimate of drug-likeness (QED) is 0.201. The third kappa shape index (κ3) is 13.2. The van der Waals surface area contributed by atoms with E-state index in [0.717, 1.165) is 13.0 Å². The molecular formula is C25H42O. The topological polar surface area (TPSA) is 9.23 Å². The Hall–Kier alpha value is -1.08. The molecule has 0 amide bonds. The lowest BCUT2D eigenvalue weighted by Crippen LogP contribution is -2.12. The third-order valence-corrected chi connectivity index (χ3v) is 5.00. The summed E-state index contributed by atoms with van der Waals surface area (Å²) in [6.07, 6.45) is 22.1. The molecule has 0 saturated carbocycles. The predicted molar refractivity (Wildman–Crippen MR) is 116 cm³/mol. The highest BCUT2D eigenvalue weighted by Gasteiger charge is 2.07. The average molecular weight is 359 g/mol. The van der Waals surface area contributed by atoms with Crippen LogP contribution in [0.1, 0.15) is 103 Å². The van der Waals surface area contributed by atoms with Crippen LogP contribution in [0, 0.1) is 0 Å². The smallest absolute Gasteiger partial charge is 0.0720 e. The van der Waals surface area contributed by atoms with Crippen molar-refractivity contribution in [2.24, 2.45) is 0 Å². The van der Waals surface area contributed by atoms with Crippen molar-refractivity contribution < 1.29 is 4.74 Å². The van der Waals surface area contributed by atoms with Gasteiger partial charge >= 0.3 is 0 Å². The SMILES string of the molecule is CCCCCCCC/C=C/CC(CCCCCC)OCc1ccccc1. The molecule has 0 spiro atoms. The summed E-state index contributed by atoms with van der Waals surface area (Å²) in [6, 6.07) is 10.6. The van der Waals surface area contributed by atoms with E-state index in [0.29, 0.717) is 6.10 Å². The lowest BCUT2D eigenvalue weighted by molar-refractivity contribution is 0.0353. The highest BCUT2D eigenvalue weighted by molar-refractivity contribution is 5.13. The maximum absolute atomic E-state index is 6.23. The molecule has 26 heavy (non-hydrogen) atoms. The van der Waals surface area contributed by atoms with E-state index in [9.17, 15) is 0 Å². The van der Waals surface area contributed by atoms with Crippen molar-refractivity contribution in [2.75, 3.05) is 0 Å². The summed E-state index contributed by atoms with van der Waals surface area (Å²) in [5.74, 6) is 0. The molecule has 0 aliphatic rings. The number of benzene rings is 1. The highest BCUT2D eigenvalue weighted by Crippen LogP contribution is 2.15. The van der Waals surface area contributed by atoms with Gasteiger partial charge in [0.05, 0.1) is 12.7 Å². The van der Waals surface area contributed by atoms with Crippen LogP contribution in [0.2, 0.25) is 0 Å². The monoisotopic (exact) mass is 358 g/mol. The average Bonchev–Trinajstić information content (AvgIpc) is 2.68. The summed E-state index contributed by atoms with van der Waals surface area (Å²) in [7, 11) is 0. The van der Waals surface area contributed by atoms with Gasteiger partial charge in [-0.1, -0.05) is 114 Å². The van der Waals surface area contributed by atoms with Crippen LogP contribution in [0.25, 0.3) is 0 Å². The van der Waals surface area contributed by atoms with Gasteiger partial charge in [-0.3, -0.25) is 0 Å². The minimum Gasteiger partial charge on any atom is -0.373 e. The van der Waals surface area contributed by atoms with E-state index in [1.165, 1.54) is 82.6 Å². The molecule has 148 valence electrons. The van der Waals surface area contributed by atoms with Gasteiger partial charge in [0.15, 0.2) is 0 Å². The number of ether oxygens (including phenoxy) is 1. The predicted octanol–water partition coefficient (Wildman–Crippen LogP) is 8.24. The molecule has 1 rings (SSSR count). The Morgan fingerprint density at radius 3 is 2.15 bits per heavy atom. The number of rotatable bonds is 17. The number of hydrogen-bond acceptors (Lipinski definition) is 1. The number of allylic oxidation sites excluding steroid dienone is 1. The van der Waals surface area contributed by atoms with Crippen LogP contribution in [0.15, 0.2) is 42.5 Å².